The fraction of sp³-hybridized carbons (Fsp3) is 0.500. The van der Waals surface area contributed by atoms with Crippen LogP contribution in [0.1, 0.15) is 52.3 Å². The number of carboxylic acid groups (broad SMARTS) is 1. The van der Waals surface area contributed by atoms with Gasteiger partial charge in [0.05, 0.1) is 11.0 Å². The average molecular weight is 484 g/mol. The van der Waals surface area contributed by atoms with Gasteiger partial charge in [-0.1, -0.05) is 20.8 Å². The van der Waals surface area contributed by atoms with Crippen LogP contribution in [0.5, 0.6) is 0 Å². The number of halogens is 2. The molecular formula is C22H29F2N4O4S+. The SMILES string of the molecule is CC(C)(C)c1nc2cc(S(=O)(=O)[NH+]=CC(=CN)C(=O)O)ccc2n1CC1CCC(F)(F)CC1. The van der Waals surface area contributed by atoms with Gasteiger partial charge in [-0.05, 0) is 37.0 Å². The largest absolute Gasteiger partial charge is 0.477 e. The van der Waals surface area contributed by atoms with Gasteiger partial charge in [-0.2, -0.15) is 8.42 Å². The molecule has 1 aromatic heterocycles. The summed E-state index contributed by atoms with van der Waals surface area (Å²) in [4.78, 5) is 15.6. The molecule has 0 aliphatic heterocycles. The summed E-state index contributed by atoms with van der Waals surface area (Å²) in [7, 11) is -4.07. The molecule has 0 saturated heterocycles. The van der Waals surface area contributed by atoms with Gasteiger partial charge in [0.2, 0.25) is 5.92 Å². The Hall–Kier alpha value is -2.82. The lowest BCUT2D eigenvalue weighted by Crippen LogP contribution is -2.73. The zero-order valence-corrected chi connectivity index (χ0v) is 19.6. The van der Waals surface area contributed by atoms with Crippen LogP contribution in [0.25, 0.3) is 11.0 Å². The van der Waals surface area contributed by atoms with E-state index >= 15 is 0 Å². The third-order valence-corrected chi connectivity index (χ3v) is 7.08. The van der Waals surface area contributed by atoms with Gasteiger partial charge in [-0.3, -0.25) is 0 Å². The molecule has 1 aromatic carbocycles. The minimum absolute atomic E-state index is 0.0836. The van der Waals surface area contributed by atoms with Gasteiger partial charge in [0.15, 0.2) is 6.21 Å². The summed E-state index contributed by atoms with van der Waals surface area (Å²) in [6.07, 6.45) is 2.17. The molecule has 0 bridgehead atoms. The number of carbonyl (C=O) groups is 1. The molecule has 4 N–H and O–H groups in total. The Morgan fingerprint density at radius 3 is 2.52 bits per heavy atom. The quantitative estimate of drug-likeness (QED) is 0.425. The number of carboxylic acids is 1. The molecular weight excluding hydrogens is 454 g/mol. The first-order valence-corrected chi connectivity index (χ1v) is 12.1. The van der Waals surface area contributed by atoms with Crippen LogP contribution in [-0.4, -0.2) is 41.2 Å². The van der Waals surface area contributed by atoms with Gasteiger partial charge in [-0.15, -0.1) is 4.40 Å². The van der Waals surface area contributed by atoms with Gasteiger partial charge in [-0.25, -0.2) is 18.6 Å². The number of hydrogen-bond acceptors (Lipinski definition) is 5. The van der Waals surface area contributed by atoms with Crippen molar-refractivity contribution < 1.29 is 31.5 Å². The second-order valence-corrected chi connectivity index (χ2v) is 11.2. The number of sulfonamides is 1. The average Bonchev–Trinajstić information content (AvgIpc) is 3.08. The Labute approximate surface area is 191 Å². The third kappa shape index (κ3) is 5.58. The monoisotopic (exact) mass is 483 g/mol. The zero-order chi connectivity index (χ0) is 24.6. The van der Waals surface area contributed by atoms with Gasteiger partial charge < -0.3 is 15.4 Å². The molecule has 1 saturated carbocycles. The van der Waals surface area contributed by atoms with E-state index in [1.165, 1.54) is 12.1 Å². The number of fused-ring (bicyclic) bond motifs is 1. The number of rotatable bonds is 6. The van der Waals surface area contributed by atoms with E-state index in [1.807, 2.05) is 25.3 Å². The molecule has 8 nitrogen and oxygen atoms in total. The maximum absolute atomic E-state index is 13.6. The van der Waals surface area contributed by atoms with Crippen LogP contribution in [0.15, 0.2) is 34.9 Å². The van der Waals surface area contributed by atoms with Gasteiger partial charge in [0, 0.05) is 31.0 Å². The lowest BCUT2D eigenvalue weighted by molar-refractivity contribution is -0.260. The highest BCUT2D eigenvalue weighted by Gasteiger charge is 2.36. The van der Waals surface area contributed by atoms with Crippen LogP contribution in [0.2, 0.25) is 0 Å². The Kier molecular flexibility index (Phi) is 6.65. The van der Waals surface area contributed by atoms with E-state index in [1.54, 1.807) is 6.07 Å². The molecule has 1 aliphatic carbocycles. The Morgan fingerprint density at radius 1 is 1.33 bits per heavy atom. The number of hydrogen-bond donors (Lipinski definition) is 3. The molecule has 33 heavy (non-hydrogen) atoms. The van der Waals surface area contributed by atoms with E-state index in [4.69, 9.17) is 10.8 Å². The highest BCUT2D eigenvalue weighted by Crippen LogP contribution is 2.38. The van der Waals surface area contributed by atoms with Crippen molar-refractivity contribution in [1.82, 2.24) is 9.55 Å². The molecule has 0 spiro atoms. The molecule has 2 aromatic rings. The first kappa shape index (κ1) is 24.8. The van der Waals surface area contributed by atoms with Gasteiger partial charge in [0.1, 0.15) is 16.3 Å². The van der Waals surface area contributed by atoms with Crippen LogP contribution in [0.3, 0.4) is 0 Å². The minimum Gasteiger partial charge on any atom is -0.477 e. The lowest BCUT2D eigenvalue weighted by Gasteiger charge is -2.30. The normalized spacial score (nSPS) is 18.3. The molecule has 1 heterocycles. The number of aromatic nitrogens is 2. The van der Waals surface area contributed by atoms with E-state index in [9.17, 15) is 22.0 Å². The van der Waals surface area contributed by atoms with Crippen LogP contribution in [0, 0.1) is 5.92 Å². The maximum atomic E-state index is 13.6. The van der Waals surface area contributed by atoms with Crippen molar-refractivity contribution in [3.63, 3.8) is 0 Å². The number of nitrogens with zero attached hydrogens (tertiary/aromatic N) is 2. The maximum Gasteiger partial charge on any atom is 0.393 e. The fourth-order valence-electron chi connectivity index (χ4n) is 3.97. The van der Waals surface area contributed by atoms with E-state index in [0.29, 0.717) is 30.4 Å². The van der Waals surface area contributed by atoms with E-state index in [0.717, 1.165) is 18.2 Å². The summed E-state index contributed by atoms with van der Waals surface area (Å²) in [6.45, 7) is 6.49. The molecule has 0 amide bonds. The number of benzene rings is 1. The highest BCUT2D eigenvalue weighted by molar-refractivity contribution is 7.84. The van der Waals surface area contributed by atoms with Crippen molar-refractivity contribution in [2.45, 2.75) is 69.2 Å². The van der Waals surface area contributed by atoms with Crippen molar-refractivity contribution in [3.8, 4) is 0 Å². The summed E-state index contributed by atoms with van der Waals surface area (Å²) < 4.78 is 56.6. The van der Waals surface area contributed by atoms with Crippen molar-refractivity contribution in [1.29, 1.82) is 0 Å². The number of aliphatic carboxylic acids is 1. The van der Waals surface area contributed by atoms with Gasteiger partial charge >= 0.3 is 16.0 Å². The summed E-state index contributed by atoms with van der Waals surface area (Å²) >= 11 is 0. The zero-order valence-electron chi connectivity index (χ0n) is 18.8. The van der Waals surface area contributed by atoms with Crippen LogP contribution in [0.4, 0.5) is 8.78 Å². The van der Waals surface area contributed by atoms with E-state index in [-0.39, 0.29) is 29.1 Å². The minimum atomic E-state index is -4.07. The van der Waals surface area contributed by atoms with Crippen molar-refractivity contribution >= 4 is 33.2 Å². The fourth-order valence-corrected chi connectivity index (χ4v) is 4.90. The third-order valence-electron chi connectivity index (χ3n) is 5.77. The number of nitrogens with one attached hydrogen (secondary N) is 1. The van der Waals surface area contributed by atoms with Crippen molar-refractivity contribution in [3.05, 3.63) is 35.8 Å². The molecule has 1 fully saturated rings. The number of alkyl halides is 2. The Balaban J connectivity index is 1.99. The topological polar surface area (TPSA) is 129 Å². The first-order chi connectivity index (χ1) is 15.2. The van der Waals surface area contributed by atoms with E-state index < -0.39 is 27.5 Å². The van der Waals surface area contributed by atoms with Crippen molar-refractivity contribution in [2.75, 3.05) is 0 Å². The van der Waals surface area contributed by atoms with Crippen LogP contribution >= 0.6 is 0 Å². The second kappa shape index (κ2) is 8.85. The highest BCUT2D eigenvalue weighted by atomic mass is 32.2. The first-order valence-electron chi connectivity index (χ1n) is 10.6. The summed E-state index contributed by atoms with van der Waals surface area (Å²) in [5.41, 5.74) is 5.61. The number of nitrogens with two attached hydrogens (primary N) is 1. The molecule has 0 atom stereocenters. The predicted molar refractivity (Wildman–Crippen MR) is 119 cm³/mol. The summed E-state index contributed by atoms with van der Waals surface area (Å²) in [5, 5.41) is 8.99. The molecule has 3 rings (SSSR count). The number of imidazole rings is 1. The smallest absolute Gasteiger partial charge is 0.393 e. The molecule has 180 valence electrons. The standard InChI is InChI=1S/C22H28F2N4O4S/c1-21(2,3)20-27-17-10-16(33(31,32)26-12-15(11-25)19(29)30)4-5-18(17)28(20)13-14-6-8-22(23,24)9-7-14/h4-5,10-12,14H,6-9,13,25H2,1-3H3,(H,29,30)/p+1. The predicted octanol–water partition coefficient (Wildman–Crippen LogP) is 1.93. The van der Waals surface area contributed by atoms with Crippen LogP contribution < -0.4 is 10.1 Å². The summed E-state index contributed by atoms with van der Waals surface area (Å²) in [6, 6.07) is 4.46. The Bertz CT molecular complexity index is 1220. The van der Waals surface area contributed by atoms with Crippen molar-refractivity contribution in [2.24, 2.45) is 11.7 Å². The summed E-state index contributed by atoms with van der Waals surface area (Å²) in [5.74, 6) is -3.15. The van der Waals surface area contributed by atoms with Gasteiger partial charge in [0.25, 0.3) is 0 Å². The molecule has 0 unspecified atom stereocenters. The molecule has 11 heteroatoms. The second-order valence-electron chi connectivity index (χ2n) is 9.44. The molecule has 1 aliphatic rings. The Morgan fingerprint density at radius 2 is 1.97 bits per heavy atom. The lowest BCUT2D eigenvalue weighted by atomic mass is 9.86. The molecule has 0 radical (unpaired) electrons. The van der Waals surface area contributed by atoms with Crippen LogP contribution in [-0.2, 0) is 26.8 Å². The van der Waals surface area contributed by atoms with E-state index in [2.05, 4.69) is 9.38 Å².